The van der Waals surface area contributed by atoms with Gasteiger partial charge in [0.25, 0.3) is 0 Å². The van der Waals surface area contributed by atoms with E-state index in [1.54, 1.807) is 0 Å². The van der Waals surface area contributed by atoms with Gasteiger partial charge in [-0.3, -0.25) is 0 Å². The van der Waals surface area contributed by atoms with Crippen molar-refractivity contribution >= 4 is 92.3 Å². The highest BCUT2D eigenvalue weighted by atomic mass is 15.0. The van der Waals surface area contributed by atoms with Crippen LogP contribution in [-0.4, -0.2) is 18.9 Å². The zero-order valence-electron chi connectivity index (χ0n) is 29.0. The van der Waals surface area contributed by atoms with Crippen LogP contribution in [0.2, 0.25) is 0 Å². The minimum Gasteiger partial charge on any atom is -0.309 e. The molecular formula is C50H28N4. The van der Waals surface area contributed by atoms with Gasteiger partial charge in [0.2, 0.25) is 0 Å². The first-order chi connectivity index (χ1) is 26.8. The van der Waals surface area contributed by atoms with Crippen molar-refractivity contribution in [3.05, 3.63) is 170 Å². The lowest BCUT2D eigenvalue weighted by atomic mass is 9.98. The van der Waals surface area contributed by atoms with Gasteiger partial charge in [-0.15, -0.1) is 0 Å². The van der Waals surface area contributed by atoms with Gasteiger partial charge in [-0.1, -0.05) is 127 Å². The Balaban J connectivity index is 1.13. The fourth-order valence-corrected chi connectivity index (χ4v) is 9.55. The van der Waals surface area contributed by atoms with Crippen LogP contribution < -0.4 is 0 Å². The van der Waals surface area contributed by atoms with Crippen LogP contribution >= 0.6 is 0 Å². The molecule has 248 valence electrons. The zero-order chi connectivity index (χ0) is 35.1. The van der Waals surface area contributed by atoms with Crippen molar-refractivity contribution in [3.63, 3.8) is 0 Å². The van der Waals surface area contributed by atoms with Gasteiger partial charge in [0.15, 0.2) is 5.82 Å². The maximum absolute atomic E-state index is 5.36. The average Bonchev–Trinajstić information content (AvgIpc) is 3.72. The predicted octanol–water partition coefficient (Wildman–Crippen LogP) is 13.0. The Kier molecular flexibility index (Phi) is 5.34. The molecule has 13 aromatic rings. The molecule has 0 aliphatic heterocycles. The van der Waals surface area contributed by atoms with Crippen molar-refractivity contribution in [2.75, 3.05) is 0 Å². The van der Waals surface area contributed by atoms with E-state index >= 15 is 0 Å². The minimum absolute atomic E-state index is 0.713. The molecule has 0 N–H and O–H groups in total. The SMILES string of the molecule is c1ccc(-c2nc(-c3cccc(-n4c5ccc6cccc7c6c5c5c6c(ccc8c9ccccc9n7c86)ccc54)c3)nc3ccc4ccccc4c23)cc1. The molecule has 0 fully saturated rings. The minimum atomic E-state index is 0.713. The molecule has 4 aromatic heterocycles. The van der Waals surface area contributed by atoms with Gasteiger partial charge in [0.05, 0.1) is 38.8 Å². The van der Waals surface area contributed by atoms with Crippen molar-refractivity contribution in [1.82, 2.24) is 18.9 Å². The van der Waals surface area contributed by atoms with Crippen LogP contribution in [0.25, 0.3) is 121 Å². The molecule has 0 aliphatic rings. The maximum atomic E-state index is 5.36. The molecule has 0 unspecified atom stereocenters. The van der Waals surface area contributed by atoms with Gasteiger partial charge < -0.3 is 8.97 Å². The fourth-order valence-electron chi connectivity index (χ4n) is 9.55. The normalized spacial score (nSPS) is 12.4. The number of hydrogen-bond donors (Lipinski definition) is 0. The van der Waals surface area contributed by atoms with Gasteiger partial charge in [-0.05, 0) is 64.0 Å². The third kappa shape index (κ3) is 3.57. The molecular weight excluding hydrogens is 657 g/mol. The molecule has 4 heterocycles. The molecule has 4 heteroatoms. The van der Waals surface area contributed by atoms with Crippen molar-refractivity contribution in [2.45, 2.75) is 0 Å². The molecule has 0 aliphatic carbocycles. The maximum Gasteiger partial charge on any atom is 0.160 e. The monoisotopic (exact) mass is 684 g/mol. The first-order valence-electron chi connectivity index (χ1n) is 18.5. The number of rotatable bonds is 3. The Bertz CT molecular complexity index is 3660. The van der Waals surface area contributed by atoms with Crippen LogP contribution in [0, 0.1) is 0 Å². The number of aromatic nitrogens is 4. The van der Waals surface area contributed by atoms with E-state index in [0.29, 0.717) is 5.82 Å². The van der Waals surface area contributed by atoms with Crippen LogP contribution in [0.5, 0.6) is 0 Å². The van der Waals surface area contributed by atoms with E-state index in [9.17, 15) is 0 Å². The molecule has 0 radical (unpaired) electrons. The quantitative estimate of drug-likeness (QED) is 0.174. The summed E-state index contributed by atoms with van der Waals surface area (Å²) in [6, 6.07) is 61.5. The van der Waals surface area contributed by atoms with Crippen LogP contribution in [-0.2, 0) is 0 Å². The smallest absolute Gasteiger partial charge is 0.160 e. The lowest BCUT2D eigenvalue weighted by molar-refractivity contribution is 1.17. The van der Waals surface area contributed by atoms with Crippen molar-refractivity contribution < 1.29 is 0 Å². The van der Waals surface area contributed by atoms with Crippen molar-refractivity contribution in [3.8, 4) is 28.3 Å². The Hall–Kier alpha value is -7.30. The average molecular weight is 685 g/mol. The molecule has 0 amide bonds. The van der Waals surface area contributed by atoms with Gasteiger partial charge in [0.1, 0.15) is 0 Å². The Labute approximate surface area is 308 Å². The van der Waals surface area contributed by atoms with Crippen LogP contribution in [0.3, 0.4) is 0 Å². The number of para-hydroxylation sites is 1. The molecule has 13 rings (SSSR count). The third-order valence-electron chi connectivity index (χ3n) is 11.8. The topological polar surface area (TPSA) is 35.1 Å². The number of benzene rings is 9. The largest absolute Gasteiger partial charge is 0.309 e. The summed E-state index contributed by atoms with van der Waals surface area (Å²) >= 11 is 0. The summed E-state index contributed by atoms with van der Waals surface area (Å²) in [7, 11) is 0. The highest BCUT2D eigenvalue weighted by Gasteiger charge is 2.24. The van der Waals surface area contributed by atoms with Crippen LogP contribution in [0.15, 0.2) is 170 Å². The predicted molar refractivity (Wildman–Crippen MR) is 226 cm³/mol. The Morgan fingerprint density at radius 1 is 0.370 bits per heavy atom. The molecule has 4 nitrogen and oxygen atoms in total. The molecule has 0 bridgehead atoms. The molecule has 54 heavy (non-hydrogen) atoms. The zero-order valence-corrected chi connectivity index (χ0v) is 29.0. The molecule has 0 saturated heterocycles. The summed E-state index contributed by atoms with van der Waals surface area (Å²) in [6.45, 7) is 0. The van der Waals surface area contributed by atoms with Crippen molar-refractivity contribution in [2.24, 2.45) is 0 Å². The van der Waals surface area contributed by atoms with E-state index in [1.807, 2.05) is 0 Å². The number of hydrogen-bond acceptors (Lipinski definition) is 2. The molecule has 9 aromatic carbocycles. The van der Waals surface area contributed by atoms with E-state index in [2.05, 4.69) is 179 Å². The van der Waals surface area contributed by atoms with E-state index in [0.717, 1.165) is 38.8 Å². The summed E-state index contributed by atoms with van der Waals surface area (Å²) in [6.07, 6.45) is 0. The van der Waals surface area contributed by atoms with Gasteiger partial charge >= 0.3 is 0 Å². The summed E-state index contributed by atoms with van der Waals surface area (Å²) in [5.41, 5.74) is 11.2. The lowest BCUT2D eigenvalue weighted by Gasteiger charge is -2.14. The fraction of sp³-hybridized carbons (Fsp3) is 0. The first kappa shape index (κ1) is 28.3. The van der Waals surface area contributed by atoms with Gasteiger partial charge in [0, 0.05) is 54.5 Å². The second-order valence-electron chi connectivity index (χ2n) is 14.5. The number of fused-ring (bicyclic) bond motifs is 7. The summed E-state index contributed by atoms with van der Waals surface area (Å²) in [5, 5.41) is 13.7. The third-order valence-corrected chi connectivity index (χ3v) is 11.8. The molecule has 0 atom stereocenters. The summed E-state index contributed by atoms with van der Waals surface area (Å²) < 4.78 is 4.97. The van der Waals surface area contributed by atoms with E-state index in [4.69, 9.17) is 9.97 Å². The molecule has 0 spiro atoms. The summed E-state index contributed by atoms with van der Waals surface area (Å²) in [4.78, 5) is 10.6. The van der Waals surface area contributed by atoms with Gasteiger partial charge in [-0.2, -0.15) is 0 Å². The van der Waals surface area contributed by atoms with Gasteiger partial charge in [-0.25, -0.2) is 9.97 Å². The summed E-state index contributed by atoms with van der Waals surface area (Å²) in [5.74, 6) is 0.713. The van der Waals surface area contributed by atoms with E-state index < -0.39 is 0 Å². The second kappa shape index (κ2) is 10.2. The van der Waals surface area contributed by atoms with Crippen molar-refractivity contribution in [1.29, 1.82) is 0 Å². The second-order valence-corrected chi connectivity index (χ2v) is 14.5. The molecule has 0 saturated carbocycles. The first-order valence-corrected chi connectivity index (χ1v) is 18.5. The number of nitrogens with zero attached hydrogens (tertiary/aromatic N) is 4. The standard InChI is InChI=1S/C50H28N4/c1-2-11-32(12-3-1)48-45-35-16-5-4-10-29(35)21-25-38(45)51-50(52-48)33-14-8-15-34(28-33)53-41-26-22-30-13-9-19-40-43(30)46(41)47-42(53)27-23-31-20-24-37-36-17-6-7-18-39(36)54(40)49(37)44(31)47/h1-28H. The van der Waals surface area contributed by atoms with Crippen LogP contribution in [0.1, 0.15) is 0 Å². The highest BCUT2D eigenvalue weighted by Crippen LogP contribution is 2.47. The van der Waals surface area contributed by atoms with E-state index in [-0.39, 0.29) is 0 Å². The van der Waals surface area contributed by atoms with E-state index in [1.165, 1.54) is 76.1 Å². The Morgan fingerprint density at radius 3 is 1.93 bits per heavy atom. The van der Waals surface area contributed by atoms with Crippen LogP contribution in [0.4, 0.5) is 0 Å². The Morgan fingerprint density at radius 2 is 1.04 bits per heavy atom. The lowest BCUT2D eigenvalue weighted by Crippen LogP contribution is -1.98. The highest BCUT2D eigenvalue weighted by molar-refractivity contribution is 6.37.